The fraction of sp³-hybridized carbons (Fsp3) is 0.667. The summed E-state index contributed by atoms with van der Waals surface area (Å²) in [5, 5.41) is 3.39. The zero-order chi connectivity index (χ0) is 10.7. The van der Waals surface area contributed by atoms with Crippen molar-refractivity contribution in [3.05, 3.63) is 18.1 Å². The van der Waals surface area contributed by atoms with Crippen molar-refractivity contribution in [2.24, 2.45) is 5.92 Å². The van der Waals surface area contributed by atoms with Gasteiger partial charge in [0.05, 0.1) is 0 Å². The number of nitrogens with one attached hydrogen (secondary N) is 1. The van der Waals surface area contributed by atoms with E-state index in [0.29, 0.717) is 5.92 Å². The molecule has 1 heterocycles. The largest absolute Gasteiger partial charge is 0.370 e. The first-order valence-electron chi connectivity index (χ1n) is 5.81. The lowest BCUT2D eigenvalue weighted by molar-refractivity contribution is 0.333. The molecule has 1 aromatic heterocycles. The van der Waals surface area contributed by atoms with Crippen LogP contribution in [-0.4, -0.2) is 16.5 Å². The van der Waals surface area contributed by atoms with Gasteiger partial charge in [-0.15, -0.1) is 0 Å². The van der Waals surface area contributed by atoms with Gasteiger partial charge in [0.25, 0.3) is 0 Å². The van der Waals surface area contributed by atoms with E-state index >= 15 is 0 Å². The standard InChI is InChI=1S/C12H19N3/c1-9(2)11-6-12(15-8-14-11)13-7-10-4-3-5-10/h6,8-10H,3-5,7H2,1-2H3,(H,13,14,15). The van der Waals surface area contributed by atoms with Crippen molar-refractivity contribution in [3.8, 4) is 0 Å². The Bertz CT molecular complexity index is 318. The maximum atomic E-state index is 4.25. The highest BCUT2D eigenvalue weighted by Crippen LogP contribution is 2.26. The Morgan fingerprint density at radius 3 is 2.80 bits per heavy atom. The van der Waals surface area contributed by atoms with E-state index in [9.17, 15) is 0 Å². The predicted octanol–water partition coefficient (Wildman–Crippen LogP) is 2.81. The van der Waals surface area contributed by atoms with Gasteiger partial charge < -0.3 is 5.32 Å². The Morgan fingerprint density at radius 2 is 2.20 bits per heavy atom. The molecule has 1 saturated carbocycles. The van der Waals surface area contributed by atoms with Crippen LogP contribution in [-0.2, 0) is 0 Å². The number of aromatic nitrogens is 2. The summed E-state index contributed by atoms with van der Waals surface area (Å²) < 4.78 is 0. The molecule has 0 unspecified atom stereocenters. The molecule has 0 radical (unpaired) electrons. The molecular weight excluding hydrogens is 186 g/mol. The molecule has 1 aromatic rings. The fourth-order valence-electron chi connectivity index (χ4n) is 1.73. The van der Waals surface area contributed by atoms with Gasteiger partial charge in [-0.1, -0.05) is 20.3 Å². The quantitative estimate of drug-likeness (QED) is 0.821. The monoisotopic (exact) mass is 205 g/mol. The Balaban J connectivity index is 1.92. The van der Waals surface area contributed by atoms with Crippen molar-refractivity contribution in [2.75, 3.05) is 11.9 Å². The van der Waals surface area contributed by atoms with E-state index < -0.39 is 0 Å². The number of anilines is 1. The van der Waals surface area contributed by atoms with E-state index in [-0.39, 0.29) is 0 Å². The molecule has 0 aliphatic heterocycles. The molecule has 3 nitrogen and oxygen atoms in total. The van der Waals surface area contributed by atoms with E-state index in [4.69, 9.17) is 0 Å². The SMILES string of the molecule is CC(C)c1cc(NCC2CCC2)ncn1. The third-order valence-corrected chi connectivity index (χ3v) is 3.08. The van der Waals surface area contributed by atoms with Crippen molar-refractivity contribution in [3.63, 3.8) is 0 Å². The molecule has 2 rings (SSSR count). The normalized spacial score (nSPS) is 16.5. The lowest BCUT2D eigenvalue weighted by Crippen LogP contribution is -2.21. The highest BCUT2D eigenvalue weighted by molar-refractivity contribution is 5.35. The molecule has 0 saturated heterocycles. The molecule has 0 amide bonds. The molecule has 1 aliphatic carbocycles. The summed E-state index contributed by atoms with van der Waals surface area (Å²) in [4.78, 5) is 8.48. The minimum Gasteiger partial charge on any atom is -0.370 e. The van der Waals surface area contributed by atoms with Crippen molar-refractivity contribution in [2.45, 2.75) is 39.0 Å². The number of rotatable bonds is 4. The second kappa shape index (κ2) is 4.60. The Labute approximate surface area is 91.3 Å². The van der Waals surface area contributed by atoms with Gasteiger partial charge in [0.2, 0.25) is 0 Å². The van der Waals surface area contributed by atoms with Crippen molar-refractivity contribution >= 4 is 5.82 Å². The summed E-state index contributed by atoms with van der Waals surface area (Å²) in [6, 6.07) is 2.06. The van der Waals surface area contributed by atoms with Crippen LogP contribution < -0.4 is 5.32 Å². The zero-order valence-corrected chi connectivity index (χ0v) is 9.53. The molecule has 0 spiro atoms. The summed E-state index contributed by atoms with van der Waals surface area (Å²) in [6.45, 7) is 5.37. The van der Waals surface area contributed by atoms with Gasteiger partial charge in [-0.05, 0) is 24.7 Å². The third kappa shape index (κ3) is 2.67. The molecule has 3 heteroatoms. The van der Waals surface area contributed by atoms with Gasteiger partial charge in [-0.3, -0.25) is 0 Å². The molecule has 15 heavy (non-hydrogen) atoms. The van der Waals surface area contributed by atoms with Crippen LogP contribution in [0.15, 0.2) is 12.4 Å². The average molecular weight is 205 g/mol. The molecule has 1 fully saturated rings. The molecule has 1 aliphatic rings. The number of hydrogen-bond donors (Lipinski definition) is 1. The molecule has 0 bridgehead atoms. The first-order chi connectivity index (χ1) is 7.25. The topological polar surface area (TPSA) is 37.8 Å². The van der Waals surface area contributed by atoms with Gasteiger partial charge in [-0.2, -0.15) is 0 Å². The highest BCUT2D eigenvalue weighted by Gasteiger charge is 2.16. The molecule has 82 valence electrons. The Hall–Kier alpha value is -1.12. The van der Waals surface area contributed by atoms with Crippen molar-refractivity contribution in [1.82, 2.24) is 9.97 Å². The van der Waals surface area contributed by atoms with Crippen molar-refractivity contribution < 1.29 is 0 Å². The summed E-state index contributed by atoms with van der Waals surface area (Å²) in [5.74, 6) is 2.31. The summed E-state index contributed by atoms with van der Waals surface area (Å²) in [5.41, 5.74) is 1.11. The summed E-state index contributed by atoms with van der Waals surface area (Å²) in [7, 11) is 0. The van der Waals surface area contributed by atoms with Crippen LogP contribution in [0.2, 0.25) is 0 Å². The van der Waals surface area contributed by atoms with Crippen LogP contribution >= 0.6 is 0 Å². The Morgan fingerprint density at radius 1 is 1.40 bits per heavy atom. The number of hydrogen-bond acceptors (Lipinski definition) is 3. The minimum absolute atomic E-state index is 0.470. The van der Waals surface area contributed by atoms with Gasteiger partial charge >= 0.3 is 0 Å². The smallest absolute Gasteiger partial charge is 0.129 e. The minimum atomic E-state index is 0.470. The summed E-state index contributed by atoms with van der Waals surface area (Å²) in [6.07, 6.45) is 5.79. The van der Waals surface area contributed by atoms with Crippen LogP contribution in [0.3, 0.4) is 0 Å². The molecule has 1 N–H and O–H groups in total. The zero-order valence-electron chi connectivity index (χ0n) is 9.53. The van der Waals surface area contributed by atoms with E-state index in [1.807, 2.05) is 0 Å². The first kappa shape index (κ1) is 10.4. The van der Waals surface area contributed by atoms with Crippen LogP contribution in [0.5, 0.6) is 0 Å². The van der Waals surface area contributed by atoms with E-state index in [1.54, 1.807) is 6.33 Å². The summed E-state index contributed by atoms with van der Waals surface area (Å²) >= 11 is 0. The predicted molar refractivity (Wildman–Crippen MR) is 62.0 cm³/mol. The lowest BCUT2D eigenvalue weighted by Gasteiger charge is -2.25. The van der Waals surface area contributed by atoms with Crippen LogP contribution in [0.25, 0.3) is 0 Å². The van der Waals surface area contributed by atoms with Crippen LogP contribution in [0, 0.1) is 5.92 Å². The second-order valence-corrected chi connectivity index (χ2v) is 4.66. The second-order valence-electron chi connectivity index (χ2n) is 4.66. The Kier molecular flexibility index (Phi) is 3.19. The van der Waals surface area contributed by atoms with Crippen LogP contribution in [0.1, 0.15) is 44.7 Å². The maximum absolute atomic E-state index is 4.25. The van der Waals surface area contributed by atoms with Gasteiger partial charge in [0, 0.05) is 18.3 Å². The van der Waals surface area contributed by atoms with Gasteiger partial charge in [0.1, 0.15) is 12.1 Å². The third-order valence-electron chi connectivity index (χ3n) is 3.08. The number of nitrogens with zero attached hydrogens (tertiary/aromatic N) is 2. The average Bonchev–Trinajstić information content (AvgIpc) is 2.16. The van der Waals surface area contributed by atoms with Gasteiger partial charge in [-0.25, -0.2) is 9.97 Å². The first-order valence-corrected chi connectivity index (χ1v) is 5.81. The van der Waals surface area contributed by atoms with Crippen molar-refractivity contribution in [1.29, 1.82) is 0 Å². The van der Waals surface area contributed by atoms with Crippen LogP contribution in [0.4, 0.5) is 5.82 Å². The lowest BCUT2D eigenvalue weighted by atomic mass is 9.85. The van der Waals surface area contributed by atoms with Gasteiger partial charge in [0.15, 0.2) is 0 Å². The highest BCUT2D eigenvalue weighted by atomic mass is 15.0. The molecule has 0 aromatic carbocycles. The van der Waals surface area contributed by atoms with E-state index in [2.05, 4.69) is 35.2 Å². The maximum Gasteiger partial charge on any atom is 0.129 e. The molecular formula is C12H19N3. The van der Waals surface area contributed by atoms with E-state index in [0.717, 1.165) is 24.0 Å². The van der Waals surface area contributed by atoms with E-state index in [1.165, 1.54) is 19.3 Å². The fourth-order valence-corrected chi connectivity index (χ4v) is 1.73. The molecule has 0 atom stereocenters.